The molecule has 1 fully saturated rings. The Labute approximate surface area is 148 Å². The molecular weight excluding hydrogens is 340 g/mol. The van der Waals surface area contributed by atoms with Crippen molar-refractivity contribution in [3.63, 3.8) is 0 Å². The van der Waals surface area contributed by atoms with Gasteiger partial charge in [-0.25, -0.2) is 0 Å². The highest BCUT2D eigenvalue weighted by atomic mass is 32.1. The molecular formula is C18H18N2O2S2. The molecule has 2 aromatic heterocycles. The highest BCUT2D eigenvalue weighted by Gasteiger charge is 2.19. The third-order valence-electron chi connectivity index (χ3n) is 4.49. The summed E-state index contributed by atoms with van der Waals surface area (Å²) < 4.78 is 7.79. The SMILES string of the molecule is Cc1ccc(-c2csc3[nH]c(=S)n(C[C@@H]4CCCO4)c(=O)c23)cc1. The molecule has 0 radical (unpaired) electrons. The molecule has 0 amide bonds. The van der Waals surface area contributed by atoms with Crippen molar-refractivity contribution in [3.05, 3.63) is 50.3 Å². The summed E-state index contributed by atoms with van der Waals surface area (Å²) in [7, 11) is 0. The van der Waals surface area contributed by atoms with Gasteiger partial charge in [-0.15, -0.1) is 11.3 Å². The summed E-state index contributed by atoms with van der Waals surface area (Å²) >= 11 is 6.93. The summed E-state index contributed by atoms with van der Waals surface area (Å²) in [6, 6.07) is 8.24. The highest BCUT2D eigenvalue weighted by Crippen LogP contribution is 2.31. The zero-order chi connectivity index (χ0) is 16.7. The van der Waals surface area contributed by atoms with Crippen LogP contribution in [0.5, 0.6) is 0 Å². The van der Waals surface area contributed by atoms with Gasteiger partial charge >= 0.3 is 0 Å². The van der Waals surface area contributed by atoms with E-state index in [0.29, 0.717) is 11.3 Å². The van der Waals surface area contributed by atoms with Gasteiger partial charge in [-0.1, -0.05) is 29.8 Å². The van der Waals surface area contributed by atoms with Crippen LogP contribution in [0.2, 0.25) is 0 Å². The van der Waals surface area contributed by atoms with E-state index < -0.39 is 0 Å². The second-order valence-corrected chi connectivity index (χ2v) is 7.47. The molecule has 0 unspecified atom stereocenters. The zero-order valence-electron chi connectivity index (χ0n) is 13.4. The first kappa shape index (κ1) is 15.7. The van der Waals surface area contributed by atoms with E-state index in [1.807, 2.05) is 5.38 Å². The number of fused-ring (bicyclic) bond motifs is 1. The fourth-order valence-corrected chi connectivity index (χ4v) is 4.44. The van der Waals surface area contributed by atoms with Gasteiger partial charge in [0.2, 0.25) is 0 Å². The topological polar surface area (TPSA) is 47.0 Å². The molecule has 1 saturated heterocycles. The number of H-pyrrole nitrogens is 1. The molecule has 0 bridgehead atoms. The van der Waals surface area contributed by atoms with E-state index >= 15 is 0 Å². The first-order valence-corrected chi connectivity index (χ1v) is 9.35. The minimum absolute atomic E-state index is 0.0268. The van der Waals surface area contributed by atoms with Crippen LogP contribution in [0.15, 0.2) is 34.4 Å². The Hall–Kier alpha value is -1.76. The number of aromatic nitrogens is 2. The van der Waals surface area contributed by atoms with Gasteiger partial charge in [-0.2, -0.15) is 0 Å². The van der Waals surface area contributed by atoms with Crippen LogP contribution < -0.4 is 5.56 Å². The molecule has 6 heteroatoms. The number of nitrogens with one attached hydrogen (secondary N) is 1. The Morgan fingerprint density at radius 3 is 2.88 bits per heavy atom. The van der Waals surface area contributed by atoms with Crippen LogP contribution in [0.4, 0.5) is 0 Å². The van der Waals surface area contributed by atoms with Gasteiger partial charge in [0.05, 0.1) is 18.0 Å². The molecule has 0 saturated carbocycles. The van der Waals surface area contributed by atoms with E-state index in [1.54, 1.807) is 4.57 Å². The third-order valence-corrected chi connectivity index (χ3v) is 5.71. The zero-order valence-corrected chi connectivity index (χ0v) is 15.0. The summed E-state index contributed by atoms with van der Waals surface area (Å²) in [5.74, 6) is 0. The molecule has 1 atom stereocenters. The van der Waals surface area contributed by atoms with Crippen LogP contribution in [0.3, 0.4) is 0 Å². The summed E-state index contributed by atoms with van der Waals surface area (Å²) in [6.45, 7) is 3.35. The minimum atomic E-state index is -0.0268. The van der Waals surface area contributed by atoms with Gasteiger partial charge in [-0.05, 0) is 37.5 Å². The molecule has 0 spiro atoms. The van der Waals surface area contributed by atoms with E-state index in [1.165, 1.54) is 16.9 Å². The second kappa shape index (κ2) is 6.27. The highest BCUT2D eigenvalue weighted by molar-refractivity contribution is 7.71. The van der Waals surface area contributed by atoms with Gasteiger partial charge in [-0.3, -0.25) is 9.36 Å². The molecule has 1 N–H and O–H groups in total. The van der Waals surface area contributed by atoms with E-state index in [2.05, 4.69) is 36.2 Å². The maximum absolute atomic E-state index is 13.1. The fraction of sp³-hybridized carbons (Fsp3) is 0.333. The van der Waals surface area contributed by atoms with Gasteiger partial charge in [0.15, 0.2) is 4.77 Å². The Kier molecular flexibility index (Phi) is 4.12. The molecule has 4 nitrogen and oxygen atoms in total. The lowest BCUT2D eigenvalue weighted by atomic mass is 10.1. The van der Waals surface area contributed by atoms with Gasteiger partial charge in [0, 0.05) is 17.6 Å². The summed E-state index contributed by atoms with van der Waals surface area (Å²) in [5, 5.41) is 2.74. The number of hydrogen-bond donors (Lipinski definition) is 1. The number of thiophene rings is 1. The average molecular weight is 358 g/mol. The van der Waals surface area contributed by atoms with Crippen LogP contribution in [0.1, 0.15) is 18.4 Å². The standard InChI is InChI=1S/C18H18N2O2S2/c1-11-4-6-12(7-5-11)14-10-24-16-15(14)17(21)20(18(23)19-16)9-13-3-2-8-22-13/h4-7,10,13H,2-3,8-9H2,1H3,(H,19,23)/t13-/m0/s1. The lowest BCUT2D eigenvalue weighted by Crippen LogP contribution is -2.27. The van der Waals surface area contributed by atoms with E-state index in [0.717, 1.165) is 40.8 Å². The number of ether oxygens (including phenoxy) is 1. The minimum Gasteiger partial charge on any atom is -0.376 e. The number of benzene rings is 1. The number of rotatable bonds is 3. The van der Waals surface area contributed by atoms with E-state index in [-0.39, 0.29) is 11.7 Å². The summed E-state index contributed by atoms with van der Waals surface area (Å²) in [4.78, 5) is 17.1. The van der Waals surface area contributed by atoms with Crippen LogP contribution in [-0.2, 0) is 11.3 Å². The molecule has 124 valence electrons. The summed E-state index contributed by atoms with van der Waals surface area (Å²) in [6.07, 6.45) is 2.11. The molecule has 3 heterocycles. The van der Waals surface area contributed by atoms with E-state index in [4.69, 9.17) is 17.0 Å². The molecule has 1 aromatic carbocycles. The Morgan fingerprint density at radius 1 is 1.38 bits per heavy atom. The van der Waals surface area contributed by atoms with E-state index in [9.17, 15) is 4.79 Å². The van der Waals surface area contributed by atoms with Gasteiger partial charge in [0.25, 0.3) is 5.56 Å². The van der Waals surface area contributed by atoms with Crippen molar-refractivity contribution in [2.24, 2.45) is 0 Å². The number of hydrogen-bond acceptors (Lipinski definition) is 4. The molecule has 0 aliphatic carbocycles. The fourth-order valence-electron chi connectivity index (χ4n) is 3.16. The van der Waals surface area contributed by atoms with Gasteiger partial charge in [0.1, 0.15) is 4.83 Å². The van der Waals surface area contributed by atoms with Crippen molar-refractivity contribution < 1.29 is 4.74 Å². The predicted molar refractivity (Wildman–Crippen MR) is 100 cm³/mol. The first-order chi connectivity index (χ1) is 11.6. The maximum Gasteiger partial charge on any atom is 0.263 e. The maximum atomic E-state index is 13.1. The first-order valence-electron chi connectivity index (χ1n) is 8.06. The quantitative estimate of drug-likeness (QED) is 0.711. The van der Waals surface area contributed by atoms with Crippen molar-refractivity contribution in [2.45, 2.75) is 32.4 Å². The lowest BCUT2D eigenvalue weighted by molar-refractivity contribution is 0.0957. The third kappa shape index (κ3) is 2.75. The Balaban J connectivity index is 1.86. The van der Waals surface area contributed by atoms with Crippen LogP contribution in [0.25, 0.3) is 21.3 Å². The van der Waals surface area contributed by atoms with Gasteiger partial charge < -0.3 is 9.72 Å². The summed E-state index contributed by atoms with van der Waals surface area (Å²) in [5.41, 5.74) is 3.19. The predicted octanol–water partition coefficient (Wildman–Crippen LogP) is 4.28. The average Bonchev–Trinajstić information content (AvgIpc) is 3.22. The Bertz CT molecular complexity index is 993. The normalized spacial score (nSPS) is 17.6. The van der Waals surface area contributed by atoms with Crippen molar-refractivity contribution in [2.75, 3.05) is 6.61 Å². The van der Waals surface area contributed by atoms with Crippen LogP contribution >= 0.6 is 23.6 Å². The van der Waals surface area contributed by atoms with Crippen molar-refractivity contribution >= 4 is 33.8 Å². The number of aromatic amines is 1. The molecule has 3 aromatic rings. The second-order valence-electron chi connectivity index (χ2n) is 6.20. The van der Waals surface area contributed by atoms with Crippen molar-refractivity contribution in [1.29, 1.82) is 0 Å². The van der Waals surface area contributed by atoms with Crippen LogP contribution in [0, 0.1) is 11.7 Å². The monoisotopic (exact) mass is 358 g/mol. The Morgan fingerprint density at radius 2 is 2.17 bits per heavy atom. The molecule has 24 heavy (non-hydrogen) atoms. The number of aryl methyl sites for hydroxylation is 1. The van der Waals surface area contributed by atoms with Crippen LogP contribution in [-0.4, -0.2) is 22.3 Å². The molecule has 1 aliphatic heterocycles. The lowest BCUT2D eigenvalue weighted by Gasteiger charge is -2.12. The largest absolute Gasteiger partial charge is 0.376 e. The number of nitrogens with zero attached hydrogens (tertiary/aromatic N) is 1. The van der Waals surface area contributed by atoms with Crippen molar-refractivity contribution in [1.82, 2.24) is 9.55 Å². The smallest absolute Gasteiger partial charge is 0.263 e. The molecule has 1 aliphatic rings. The molecule has 4 rings (SSSR count). The van der Waals surface area contributed by atoms with Crippen molar-refractivity contribution in [3.8, 4) is 11.1 Å².